The normalized spacial score (nSPS) is 43.3. The first-order valence-electron chi connectivity index (χ1n) is 9.32. The van der Waals surface area contributed by atoms with Crippen molar-refractivity contribution < 1.29 is 9.53 Å². The molecule has 0 bridgehead atoms. The maximum Gasteiger partial charge on any atom is 0.244 e. The largest absolute Gasteiger partial charge is 0.486 e. The van der Waals surface area contributed by atoms with Gasteiger partial charge >= 0.3 is 0 Å². The zero-order valence-electron chi connectivity index (χ0n) is 14.3. The molecule has 4 aliphatic rings. The molecule has 6 unspecified atom stereocenters. The van der Waals surface area contributed by atoms with Crippen molar-refractivity contribution in [3.63, 3.8) is 0 Å². The molecule has 7 N–H and O–H groups in total. The number of amides is 1. The lowest BCUT2D eigenvalue weighted by molar-refractivity contribution is -0.133. The maximum absolute atomic E-state index is 12.1. The predicted octanol–water partition coefficient (Wildman–Crippen LogP) is 0.367. The Bertz CT molecular complexity index is 753. The van der Waals surface area contributed by atoms with Crippen LogP contribution in [0.5, 0.6) is 5.75 Å². The number of carbonyl (C=O) groups excluding carboxylic acids is 1. The summed E-state index contributed by atoms with van der Waals surface area (Å²) in [4.78, 5) is 12.1. The summed E-state index contributed by atoms with van der Waals surface area (Å²) in [6.07, 6.45) is 5.50. The van der Waals surface area contributed by atoms with E-state index in [4.69, 9.17) is 22.0 Å². The molecule has 0 aromatic heterocycles. The summed E-state index contributed by atoms with van der Waals surface area (Å²) < 4.78 is 6.46. The summed E-state index contributed by atoms with van der Waals surface area (Å²) in [5, 5.41) is 0. The van der Waals surface area contributed by atoms with E-state index < -0.39 is 5.41 Å². The summed E-state index contributed by atoms with van der Waals surface area (Å²) in [7, 11) is 0. The molecule has 3 saturated carbocycles. The number of benzene rings is 1. The minimum absolute atomic E-state index is 0.0867. The molecule has 0 saturated heterocycles. The van der Waals surface area contributed by atoms with Crippen molar-refractivity contribution in [2.75, 3.05) is 0 Å². The molecule has 0 heterocycles. The Balaban J connectivity index is 1.42. The molecule has 1 aromatic carbocycles. The number of nitrogens with two attached hydrogens (primary N) is 3. The van der Waals surface area contributed by atoms with Crippen LogP contribution in [-0.4, -0.2) is 23.6 Å². The molecule has 0 aliphatic heterocycles. The van der Waals surface area contributed by atoms with E-state index in [1.807, 2.05) is 6.07 Å². The van der Waals surface area contributed by atoms with Crippen molar-refractivity contribution in [3.8, 4) is 5.75 Å². The second kappa shape index (κ2) is 4.96. The Hall–Kier alpha value is -1.63. The first-order chi connectivity index (χ1) is 12.0. The highest BCUT2D eigenvalue weighted by Crippen LogP contribution is 2.72. The van der Waals surface area contributed by atoms with Gasteiger partial charge in [-0.15, -0.1) is 0 Å². The average Bonchev–Trinajstić information content (AvgIpc) is 2.93. The Morgan fingerprint density at radius 2 is 2.08 bits per heavy atom. The number of hydrogen-bond acceptors (Lipinski definition) is 5. The maximum atomic E-state index is 12.1. The predicted molar refractivity (Wildman–Crippen MR) is 93.4 cm³/mol. The van der Waals surface area contributed by atoms with Gasteiger partial charge in [0.2, 0.25) is 5.91 Å². The highest BCUT2D eigenvalue weighted by atomic mass is 16.5. The number of fused-ring (bicyclic) bond motifs is 3. The lowest BCUT2D eigenvalue weighted by Crippen LogP contribution is -2.49. The molecule has 0 radical (unpaired) electrons. The van der Waals surface area contributed by atoms with Gasteiger partial charge in [-0.25, -0.2) is 5.84 Å². The van der Waals surface area contributed by atoms with Crippen LogP contribution in [0.25, 0.3) is 0 Å². The molecule has 1 aromatic rings. The van der Waals surface area contributed by atoms with Gasteiger partial charge in [-0.05, 0) is 61.1 Å². The van der Waals surface area contributed by atoms with Crippen molar-refractivity contribution in [1.82, 2.24) is 5.43 Å². The minimum atomic E-state index is -0.403. The van der Waals surface area contributed by atoms with E-state index in [0.717, 1.165) is 44.3 Å². The average molecular weight is 342 g/mol. The number of hydrazine groups is 1. The molecule has 5 rings (SSSR count). The van der Waals surface area contributed by atoms with Gasteiger partial charge in [0, 0.05) is 18.5 Å². The van der Waals surface area contributed by atoms with Crippen molar-refractivity contribution in [2.45, 2.75) is 56.2 Å². The van der Waals surface area contributed by atoms with Crippen LogP contribution >= 0.6 is 0 Å². The second-order valence-corrected chi connectivity index (χ2v) is 8.53. The lowest BCUT2D eigenvalue weighted by Gasteiger charge is -2.36. The first kappa shape index (κ1) is 15.6. The van der Waals surface area contributed by atoms with E-state index in [1.165, 1.54) is 11.1 Å². The van der Waals surface area contributed by atoms with Gasteiger partial charge in [0.25, 0.3) is 0 Å². The molecule has 0 spiro atoms. The van der Waals surface area contributed by atoms with E-state index in [2.05, 4.69) is 17.6 Å². The van der Waals surface area contributed by atoms with Gasteiger partial charge in [0.05, 0.1) is 5.41 Å². The molecule has 1 amide bonds. The summed E-state index contributed by atoms with van der Waals surface area (Å²) >= 11 is 0. The molecule has 6 atom stereocenters. The van der Waals surface area contributed by atoms with E-state index >= 15 is 0 Å². The highest BCUT2D eigenvalue weighted by molar-refractivity contribution is 5.89. The summed E-state index contributed by atoms with van der Waals surface area (Å²) in [6, 6.07) is 6.47. The van der Waals surface area contributed by atoms with Gasteiger partial charge in [-0.3, -0.25) is 10.2 Å². The number of carbonyl (C=O) groups is 1. The summed E-state index contributed by atoms with van der Waals surface area (Å²) in [5.41, 5.74) is 16.7. The number of nitrogens with one attached hydrogen (secondary N) is 1. The van der Waals surface area contributed by atoms with Crippen molar-refractivity contribution in [2.24, 2.45) is 34.6 Å². The topological polar surface area (TPSA) is 116 Å². The summed E-state index contributed by atoms with van der Waals surface area (Å²) in [5.74, 6) is 7.23. The molecule has 6 heteroatoms. The Kier molecular flexibility index (Phi) is 3.10. The van der Waals surface area contributed by atoms with Crippen LogP contribution in [-0.2, 0) is 17.6 Å². The lowest BCUT2D eigenvalue weighted by atomic mass is 9.76. The molecule has 6 nitrogen and oxygen atoms in total. The number of ether oxygens (including phenoxy) is 1. The van der Waals surface area contributed by atoms with Crippen LogP contribution in [0.3, 0.4) is 0 Å². The molecule has 4 aliphatic carbocycles. The number of hydrogen-bond donors (Lipinski definition) is 4. The Labute approximate surface area is 147 Å². The highest BCUT2D eigenvalue weighted by Gasteiger charge is 2.80. The Morgan fingerprint density at radius 1 is 1.24 bits per heavy atom. The molecular formula is C19H26N4O2. The quantitative estimate of drug-likeness (QED) is 0.360. The van der Waals surface area contributed by atoms with E-state index in [9.17, 15) is 4.79 Å². The van der Waals surface area contributed by atoms with Crippen molar-refractivity contribution >= 4 is 5.91 Å². The fourth-order valence-electron chi connectivity index (χ4n) is 5.76. The van der Waals surface area contributed by atoms with Crippen molar-refractivity contribution in [3.05, 3.63) is 29.3 Å². The minimum Gasteiger partial charge on any atom is -0.486 e. The van der Waals surface area contributed by atoms with E-state index in [1.54, 1.807) is 0 Å². The zero-order valence-corrected chi connectivity index (χ0v) is 14.3. The van der Waals surface area contributed by atoms with Crippen LogP contribution in [0.15, 0.2) is 18.2 Å². The van der Waals surface area contributed by atoms with Gasteiger partial charge in [-0.2, -0.15) is 0 Å². The smallest absolute Gasteiger partial charge is 0.244 e. The van der Waals surface area contributed by atoms with Crippen molar-refractivity contribution in [1.29, 1.82) is 0 Å². The second-order valence-electron chi connectivity index (χ2n) is 8.53. The third kappa shape index (κ3) is 1.93. The van der Waals surface area contributed by atoms with Crippen LogP contribution in [0.2, 0.25) is 0 Å². The monoisotopic (exact) mass is 342 g/mol. The third-order valence-corrected chi connectivity index (χ3v) is 7.48. The van der Waals surface area contributed by atoms with Crippen LogP contribution in [0.1, 0.15) is 36.8 Å². The fourth-order valence-corrected chi connectivity index (χ4v) is 5.76. The van der Waals surface area contributed by atoms with E-state index in [0.29, 0.717) is 11.8 Å². The molecular weight excluding hydrogens is 316 g/mol. The Morgan fingerprint density at radius 3 is 2.80 bits per heavy atom. The van der Waals surface area contributed by atoms with E-state index in [-0.39, 0.29) is 23.6 Å². The first-order valence-corrected chi connectivity index (χ1v) is 9.32. The molecule has 25 heavy (non-hydrogen) atoms. The van der Waals surface area contributed by atoms with Gasteiger partial charge < -0.3 is 16.2 Å². The van der Waals surface area contributed by atoms with Crippen LogP contribution < -0.4 is 27.5 Å². The fraction of sp³-hybridized carbons (Fsp3) is 0.632. The summed E-state index contributed by atoms with van der Waals surface area (Å²) in [6.45, 7) is 0. The van der Waals surface area contributed by atoms with Crippen LogP contribution in [0.4, 0.5) is 0 Å². The third-order valence-electron chi connectivity index (χ3n) is 7.48. The molecule has 134 valence electrons. The standard InChI is InChI=1S/C19H26N4O2/c20-14-8-11-7-12-10(6-13(11)16(14)21)2-1-3-15(12)25-19-5-4-18(19,9-19)17(24)23-22/h1-3,11,13-14,16H,4-9,20-22H2,(H,23,24). The number of rotatable bonds is 3. The van der Waals surface area contributed by atoms with Gasteiger partial charge in [0.1, 0.15) is 11.4 Å². The SMILES string of the molecule is NNC(=O)C12CCC1(Oc1cccc3c1CC1CC(N)C(N)C1C3)C2. The van der Waals surface area contributed by atoms with Gasteiger partial charge in [0.15, 0.2) is 0 Å². The molecule has 3 fully saturated rings. The van der Waals surface area contributed by atoms with Crippen LogP contribution in [0, 0.1) is 17.3 Å². The van der Waals surface area contributed by atoms with Gasteiger partial charge in [-0.1, -0.05) is 12.1 Å². The zero-order chi connectivity index (χ0) is 17.4.